The number of nitrogens with one attached hydrogen (secondary N) is 4. The van der Waals surface area contributed by atoms with Gasteiger partial charge in [-0.05, 0) is 19.1 Å². The summed E-state index contributed by atoms with van der Waals surface area (Å²) >= 11 is 17.1. The normalized spacial score (nSPS) is 29.0. The van der Waals surface area contributed by atoms with Crippen molar-refractivity contribution in [3.05, 3.63) is 47.8 Å². The van der Waals surface area contributed by atoms with E-state index >= 15 is 0 Å². The molecule has 0 unspecified atom stereocenters. The van der Waals surface area contributed by atoms with Gasteiger partial charge in [-0.2, -0.15) is 0 Å². The van der Waals surface area contributed by atoms with Crippen molar-refractivity contribution in [2.24, 2.45) is 4.99 Å². The largest absolute Gasteiger partial charge is 0.443 e. The van der Waals surface area contributed by atoms with Crippen molar-refractivity contribution >= 4 is 64.6 Å². The Morgan fingerprint density at radius 2 is 1.90 bits per heavy atom. The van der Waals surface area contributed by atoms with Crippen LogP contribution in [0.15, 0.2) is 41.7 Å². The first-order chi connectivity index (χ1) is 19.6. The lowest BCUT2D eigenvalue weighted by molar-refractivity contribution is -0.232. The maximum Gasteiger partial charge on any atom is 0.436 e. The second-order valence-corrected chi connectivity index (χ2v) is 13.0. The molecule has 4 heterocycles. The molecule has 1 aromatic rings. The number of imide groups is 1. The average molecular weight is 645 g/mol. The van der Waals surface area contributed by atoms with Crippen LogP contribution in [0, 0.1) is 6.92 Å². The van der Waals surface area contributed by atoms with E-state index in [0.717, 1.165) is 10.5 Å². The molecule has 4 fully saturated rings. The lowest BCUT2D eigenvalue weighted by Crippen LogP contribution is -2.81. The molecule has 1 spiro atoms. The van der Waals surface area contributed by atoms with Crippen LogP contribution in [0.1, 0.15) is 28.8 Å². The zero-order chi connectivity index (χ0) is 30.6. The van der Waals surface area contributed by atoms with Gasteiger partial charge in [0.2, 0.25) is 27.4 Å². The molecule has 4 atom stereocenters. The first kappa shape index (κ1) is 30.2. The highest BCUT2D eigenvalue weighted by Crippen LogP contribution is 2.44. The number of amides is 4. The standard InChI is InChI=1S/C25H28Cl3N7O7/c1-12-4-3-5-14(8-12)20(38)31-16-10-35-21(32-22(39)42-11-23(26,27)28)30-15(9-34-17(36)6-7-18(34)37)19-24(35,25(16,40)41)33-13(2)29-19/h3-5,8,15-16,19,29,33,40-41H,2,6-7,9-11H2,1H3,(H,31,38)(H,30,32,39)/t15-,16-,19-,24-/m0/s1. The van der Waals surface area contributed by atoms with Gasteiger partial charge in [-0.15, -0.1) is 4.99 Å². The first-order valence-corrected chi connectivity index (χ1v) is 14.0. The molecule has 14 nitrogen and oxygen atoms in total. The molecule has 0 aromatic heterocycles. The molecule has 0 radical (unpaired) electrons. The Bertz CT molecular complexity index is 1370. The summed E-state index contributed by atoms with van der Waals surface area (Å²) < 4.78 is 3.03. The van der Waals surface area contributed by atoms with Crippen molar-refractivity contribution in [1.82, 2.24) is 31.1 Å². The third kappa shape index (κ3) is 5.33. The van der Waals surface area contributed by atoms with Crippen LogP contribution in [0.25, 0.3) is 0 Å². The zero-order valence-corrected chi connectivity index (χ0v) is 24.5. The quantitative estimate of drug-likeness (QED) is 0.142. The third-order valence-corrected chi connectivity index (χ3v) is 7.94. The van der Waals surface area contributed by atoms with E-state index in [9.17, 15) is 29.4 Å². The van der Waals surface area contributed by atoms with E-state index in [1.54, 1.807) is 18.2 Å². The molecule has 0 saturated carbocycles. The number of likely N-dealkylation sites (tertiary alicyclic amines) is 1. The summed E-state index contributed by atoms with van der Waals surface area (Å²) in [5.41, 5.74) is -0.786. The number of benzene rings is 1. The molecular formula is C25H28Cl3N7O7. The van der Waals surface area contributed by atoms with Gasteiger partial charge in [0.15, 0.2) is 5.66 Å². The summed E-state index contributed by atoms with van der Waals surface area (Å²) in [6.45, 7) is 4.58. The van der Waals surface area contributed by atoms with Gasteiger partial charge in [0.1, 0.15) is 12.6 Å². The molecule has 4 aliphatic rings. The van der Waals surface area contributed by atoms with E-state index < -0.39 is 63.8 Å². The summed E-state index contributed by atoms with van der Waals surface area (Å²) in [6, 6.07) is 3.48. The highest BCUT2D eigenvalue weighted by atomic mass is 35.6. The van der Waals surface area contributed by atoms with Gasteiger partial charge in [-0.1, -0.05) is 59.1 Å². The number of guanidine groups is 1. The van der Waals surface area contributed by atoms with Gasteiger partial charge in [0.25, 0.3) is 5.91 Å². The van der Waals surface area contributed by atoms with Gasteiger partial charge < -0.3 is 41.1 Å². The fraction of sp³-hybridized carbons (Fsp3) is 0.480. The number of ether oxygens (including phenoxy) is 1. The van der Waals surface area contributed by atoms with Crippen LogP contribution in [-0.4, -0.2) is 103 Å². The van der Waals surface area contributed by atoms with E-state index in [2.05, 4.69) is 32.8 Å². The Kier molecular flexibility index (Phi) is 7.73. The van der Waals surface area contributed by atoms with Crippen molar-refractivity contribution < 1.29 is 34.1 Å². The summed E-state index contributed by atoms with van der Waals surface area (Å²) in [6.07, 6.45) is -1.11. The van der Waals surface area contributed by atoms with Gasteiger partial charge in [-0.25, -0.2) is 4.79 Å². The van der Waals surface area contributed by atoms with Crippen LogP contribution >= 0.6 is 34.8 Å². The number of alkyl halides is 3. The van der Waals surface area contributed by atoms with Gasteiger partial charge in [-0.3, -0.25) is 19.3 Å². The van der Waals surface area contributed by atoms with Gasteiger partial charge in [0, 0.05) is 24.9 Å². The summed E-state index contributed by atoms with van der Waals surface area (Å²) in [5.74, 6) is -4.16. The number of carbonyl (C=O) groups excluding carboxylic acids is 4. The number of hydrogen-bond acceptors (Lipinski definition) is 9. The van der Waals surface area contributed by atoms with Crippen LogP contribution in [0.4, 0.5) is 4.79 Å². The summed E-state index contributed by atoms with van der Waals surface area (Å²) in [5, 5.41) is 35.2. The zero-order valence-electron chi connectivity index (χ0n) is 22.2. The number of nitrogens with zero attached hydrogens (tertiary/aromatic N) is 3. The number of rotatable bonds is 5. The molecule has 0 bridgehead atoms. The second-order valence-electron chi connectivity index (χ2n) is 10.5. The van der Waals surface area contributed by atoms with Crippen molar-refractivity contribution in [2.45, 2.75) is 53.1 Å². The third-order valence-electron chi connectivity index (χ3n) is 7.61. The number of aliphatic imine (C=N–C) groups is 1. The van der Waals surface area contributed by atoms with Crippen LogP contribution in [0.3, 0.4) is 0 Å². The van der Waals surface area contributed by atoms with Gasteiger partial charge in [0.05, 0.1) is 24.4 Å². The monoisotopic (exact) mass is 643 g/mol. The number of halogens is 3. The highest BCUT2D eigenvalue weighted by Gasteiger charge is 2.74. The molecule has 226 valence electrons. The predicted octanol–water partition coefficient (Wildman–Crippen LogP) is -0.198. The lowest BCUT2D eigenvalue weighted by Gasteiger charge is -2.52. The highest BCUT2D eigenvalue weighted by molar-refractivity contribution is 6.67. The molecule has 6 N–H and O–H groups in total. The average Bonchev–Trinajstić information content (AvgIpc) is 3.49. The van der Waals surface area contributed by atoms with Crippen molar-refractivity contribution in [1.29, 1.82) is 0 Å². The number of carbonyl (C=O) groups is 4. The maximum atomic E-state index is 13.2. The van der Waals surface area contributed by atoms with E-state index in [-0.39, 0.29) is 43.3 Å². The Morgan fingerprint density at radius 1 is 1.21 bits per heavy atom. The van der Waals surface area contributed by atoms with Gasteiger partial charge >= 0.3 is 6.09 Å². The summed E-state index contributed by atoms with van der Waals surface area (Å²) in [4.78, 5) is 57.1. The van der Waals surface area contributed by atoms with Crippen LogP contribution in [0.2, 0.25) is 0 Å². The Labute approximate surface area is 255 Å². The molecule has 4 aliphatic heterocycles. The van der Waals surface area contributed by atoms with Crippen molar-refractivity contribution in [2.75, 3.05) is 19.7 Å². The fourth-order valence-electron chi connectivity index (χ4n) is 5.79. The molecule has 5 rings (SSSR count). The molecule has 17 heteroatoms. The second kappa shape index (κ2) is 10.8. The predicted molar refractivity (Wildman–Crippen MR) is 150 cm³/mol. The lowest BCUT2D eigenvalue weighted by atomic mass is 9.84. The van der Waals surface area contributed by atoms with Crippen LogP contribution in [-0.2, 0) is 14.3 Å². The molecular weight excluding hydrogens is 617 g/mol. The number of hydrogen-bond donors (Lipinski definition) is 6. The molecule has 1 aromatic carbocycles. The molecule has 4 amide bonds. The molecule has 42 heavy (non-hydrogen) atoms. The van der Waals surface area contributed by atoms with Crippen molar-refractivity contribution in [3.8, 4) is 0 Å². The number of aryl methyl sites for hydroxylation is 1. The van der Waals surface area contributed by atoms with Crippen LogP contribution < -0.4 is 21.3 Å². The topological polar surface area (TPSA) is 185 Å². The first-order valence-electron chi connectivity index (χ1n) is 12.9. The SMILES string of the molecule is C=C1N[C@H]2[C@H](CN3C(=O)CCC3=O)N/C(=N\C(=O)OCC(Cl)(Cl)Cl)N3C[C@H](NC(=O)c4cccc(C)c4)C(O)(O)[C@]23N1. The minimum Gasteiger partial charge on any atom is -0.443 e. The smallest absolute Gasteiger partial charge is 0.436 e. The fourth-order valence-corrected chi connectivity index (χ4v) is 5.95. The van der Waals surface area contributed by atoms with E-state index in [1.165, 1.54) is 4.90 Å². The number of aliphatic hydroxyl groups is 2. The Balaban J connectivity index is 1.53. The van der Waals surface area contributed by atoms with E-state index in [4.69, 9.17) is 39.5 Å². The van der Waals surface area contributed by atoms with E-state index in [0.29, 0.717) is 0 Å². The Morgan fingerprint density at radius 3 is 2.55 bits per heavy atom. The maximum absolute atomic E-state index is 13.2. The van der Waals surface area contributed by atoms with Crippen LogP contribution in [0.5, 0.6) is 0 Å². The Hall–Kier alpha value is -3.30. The summed E-state index contributed by atoms with van der Waals surface area (Å²) in [7, 11) is 0. The van der Waals surface area contributed by atoms with Crippen molar-refractivity contribution in [3.63, 3.8) is 0 Å². The minimum atomic E-state index is -2.73. The van der Waals surface area contributed by atoms with E-state index in [1.807, 2.05) is 13.0 Å². The molecule has 4 saturated heterocycles. The minimum absolute atomic E-state index is 0.0349. The molecule has 0 aliphatic carbocycles.